The number of aliphatic hydroxyl groups excluding tert-OH is 1. The highest BCUT2D eigenvalue weighted by atomic mass is 16.3. The van der Waals surface area contributed by atoms with Gasteiger partial charge in [0.1, 0.15) is 0 Å². The van der Waals surface area contributed by atoms with Crippen molar-refractivity contribution in [3.63, 3.8) is 0 Å². The zero-order chi connectivity index (χ0) is 7.40. The topological polar surface area (TPSA) is 44.3 Å². The summed E-state index contributed by atoms with van der Waals surface area (Å²) in [5, 5.41) is 15.4. The maximum atomic E-state index is 8.88. The zero-order valence-corrected chi connectivity index (χ0v) is 6.43. The summed E-state index contributed by atoms with van der Waals surface area (Å²) >= 11 is 0. The van der Waals surface area contributed by atoms with Crippen molar-refractivity contribution in [2.75, 3.05) is 26.2 Å². The summed E-state index contributed by atoms with van der Waals surface area (Å²) in [5.74, 6) is 0.417. The minimum absolute atomic E-state index is 0.296. The van der Waals surface area contributed by atoms with Gasteiger partial charge in [-0.25, -0.2) is 0 Å². The van der Waals surface area contributed by atoms with Gasteiger partial charge in [0.15, 0.2) is 0 Å². The fourth-order valence-electron chi connectivity index (χ4n) is 1.43. The van der Waals surface area contributed by atoms with E-state index >= 15 is 0 Å². The molecule has 1 aliphatic rings. The average Bonchev–Trinajstić information content (AvgIpc) is 2.36. The first-order valence-corrected chi connectivity index (χ1v) is 3.93. The van der Waals surface area contributed by atoms with E-state index in [1.807, 2.05) is 0 Å². The van der Waals surface area contributed by atoms with E-state index in [4.69, 9.17) is 5.11 Å². The Morgan fingerprint density at radius 1 is 1.60 bits per heavy atom. The number of rotatable bonds is 3. The van der Waals surface area contributed by atoms with Gasteiger partial charge >= 0.3 is 0 Å². The van der Waals surface area contributed by atoms with Crippen molar-refractivity contribution in [3.8, 4) is 0 Å². The lowest BCUT2D eigenvalue weighted by atomic mass is 10.1. The van der Waals surface area contributed by atoms with Crippen molar-refractivity contribution in [2.24, 2.45) is 5.92 Å². The molecule has 0 radical (unpaired) electrons. The normalized spacial score (nSPS) is 33.0. The second kappa shape index (κ2) is 3.91. The highest BCUT2D eigenvalue weighted by molar-refractivity contribution is 4.85. The van der Waals surface area contributed by atoms with Crippen LogP contribution in [-0.4, -0.2) is 37.4 Å². The first-order chi connectivity index (χ1) is 4.88. The van der Waals surface area contributed by atoms with Crippen LogP contribution in [0.1, 0.15) is 6.92 Å². The van der Waals surface area contributed by atoms with E-state index < -0.39 is 0 Å². The van der Waals surface area contributed by atoms with E-state index in [9.17, 15) is 0 Å². The van der Waals surface area contributed by atoms with Crippen LogP contribution in [0.4, 0.5) is 0 Å². The number of likely N-dealkylation sites (N-methyl/N-ethyl adjacent to an activating group) is 1. The summed E-state index contributed by atoms with van der Waals surface area (Å²) in [6.07, 6.45) is 0. The number of hydrogen-bond acceptors (Lipinski definition) is 3. The largest absolute Gasteiger partial charge is 0.396 e. The van der Waals surface area contributed by atoms with Crippen molar-refractivity contribution in [1.82, 2.24) is 10.6 Å². The summed E-state index contributed by atoms with van der Waals surface area (Å²) in [6, 6.07) is 0.481. The first-order valence-electron chi connectivity index (χ1n) is 3.93. The van der Waals surface area contributed by atoms with Crippen molar-refractivity contribution < 1.29 is 5.11 Å². The minimum Gasteiger partial charge on any atom is -0.396 e. The van der Waals surface area contributed by atoms with Gasteiger partial charge in [0.2, 0.25) is 0 Å². The molecule has 3 heteroatoms. The molecule has 0 aromatic rings. The Morgan fingerprint density at radius 2 is 2.40 bits per heavy atom. The summed E-state index contributed by atoms with van der Waals surface area (Å²) in [6.45, 7) is 5.33. The van der Waals surface area contributed by atoms with Crippen LogP contribution in [0.5, 0.6) is 0 Å². The quantitative estimate of drug-likeness (QED) is 0.485. The SMILES string of the molecule is CCNC1CNCC1CO. The first kappa shape index (κ1) is 7.98. The maximum absolute atomic E-state index is 8.88. The Morgan fingerprint density at radius 3 is 3.00 bits per heavy atom. The van der Waals surface area contributed by atoms with Crippen LogP contribution < -0.4 is 10.6 Å². The molecule has 1 heterocycles. The van der Waals surface area contributed by atoms with Gasteiger partial charge < -0.3 is 15.7 Å². The molecule has 0 aromatic heterocycles. The van der Waals surface area contributed by atoms with Crippen molar-refractivity contribution >= 4 is 0 Å². The molecule has 10 heavy (non-hydrogen) atoms. The Hall–Kier alpha value is -0.120. The molecule has 3 nitrogen and oxygen atoms in total. The highest BCUT2D eigenvalue weighted by Gasteiger charge is 2.24. The molecule has 60 valence electrons. The van der Waals surface area contributed by atoms with Crippen LogP contribution >= 0.6 is 0 Å². The van der Waals surface area contributed by atoms with Crippen LogP contribution in [-0.2, 0) is 0 Å². The molecule has 0 aliphatic carbocycles. The van der Waals surface area contributed by atoms with Gasteiger partial charge in [0, 0.05) is 31.7 Å². The monoisotopic (exact) mass is 144 g/mol. The molecule has 3 N–H and O–H groups in total. The molecule has 1 fully saturated rings. The second-order valence-corrected chi connectivity index (χ2v) is 2.77. The van der Waals surface area contributed by atoms with Crippen LogP contribution in [0.25, 0.3) is 0 Å². The third-order valence-electron chi connectivity index (χ3n) is 2.04. The molecular weight excluding hydrogens is 128 g/mol. The zero-order valence-electron chi connectivity index (χ0n) is 6.43. The molecule has 0 aromatic carbocycles. The van der Waals surface area contributed by atoms with Gasteiger partial charge in [0.05, 0.1) is 0 Å². The second-order valence-electron chi connectivity index (χ2n) is 2.77. The number of nitrogens with one attached hydrogen (secondary N) is 2. The van der Waals surface area contributed by atoms with E-state index in [1.54, 1.807) is 0 Å². The van der Waals surface area contributed by atoms with Gasteiger partial charge in [-0.3, -0.25) is 0 Å². The molecule has 0 saturated carbocycles. The Labute approximate surface area is 61.8 Å². The van der Waals surface area contributed by atoms with Crippen LogP contribution in [0.3, 0.4) is 0 Å². The Kier molecular flexibility index (Phi) is 3.12. The predicted octanol–water partition coefficient (Wildman–Crippen LogP) is -0.824. The molecule has 0 bridgehead atoms. The van der Waals surface area contributed by atoms with Crippen molar-refractivity contribution in [1.29, 1.82) is 0 Å². The molecule has 0 spiro atoms. The molecule has 2 atom stereocenters. The third kappa shape index (κ3) is 1.68. The summed E-state index contributed by atoms with van der Waals surface area (Å²) in [4.78, 5) is 0. The number of hydrogen-bond donors (Lipinski definition) is 3. The molecule has 0 amide bonds. The third-order valence-corrected chi connectivity index (χ3v) is 2.04. The molecule has 1 saturated heterocycles. The fraction of sp³-hybridized carbons (Fsp3) is 1.00. The van der Waals surface area contributed by atoms with Crippen LogP contribution in [0.15, 0.2) is 0 Å². The molecule has 1 rings (SSSR count). The molecule has 1 aliphatic heterocycles. The van der Waals surface area contributed by atoms with E-state index in [0.29, 0.717) is 18.6 Å². The van der Waals surface area contributed by atoms with E-state index in [-0.39, 0.29) is 0 Å². The highest BCUT2D eigenvalue weighted by Crippen LogP contribution is 2.06. The lowest BCUT2D eigenvalue weighted by Gasteiger charge is -2.15. The average molecular weight is 144 g/mol. The van der Waals surface area contributed by atoms with Crippen molar-refractivity contribution in [3.05, 3.63) is 0 Å². The smallest absolute Gasteiger partial charge is 0.0486 e. The molecular formula is C7H16N2O. The van der Waals surface area contributed by atoms with E-state index in [2.05, 4.69) is 17.6 Å². The lowest BCUT2D eigenvalue weighted by Crippen LogP contribution is -2.37. The lowest BCUT2D eigenvalue weighted by molar-refractivity contribution is 0.216. The standard InChI is InChI=1S/C7H16N2O/c1-2-9-7-4-8-3-6(7)5-10/h6-10H,2-5H2,1H3. The maximum Gasteiger partial charge on any atom is 0.0486 e. The van der Waals surface area contributed by atoms with E-state index in [0.717, 1.165) is 19.6 Å². The summed E-state index contributed by atoms with van der Waals surface area (Å²) in [5.41, 5.74) is 0. The van der Waals surface area contributed by atoms with Crippen LogP contribution in [0, 0.1) is 5.92 Å². The van der Waals surface area contributed by atoms with Crippen LogP contribution in [0.2, 0.25) is 0 Å². The Balaban J connectivity index is 2.27. The predicted molar refractivity (Wildman–Crippen MR) is 40.9 cm³/mol. The van der Waals surface area contributed by atoms with Crippen molar-refractivity contribution in [2.45, 2.75) is 13.0 Å². The number of aliphatic hydroxyl groups is 1. The van der Waals surface area contributed by atoms with Gasteiger partial charge in [-0.2, -0.15) is 0 Å². The van der Waals surface area contributed by atoms with Gasteiger partial charge in [-0.05, 0) is 6.54 Å². The Bertz CT molecular complexity index is 97.6. The summed E-state index contributed by atoms with van der Waals surface area (Å²) in [7, 11) is 0. The fourth-order valence-corrected chi connectivity index (χ4v) is 1.43. The van der Waals surface area contributed by atoms with Gasteiger partial charge in [0.25, 0.3) is 0 Å². The minimum atomic E-state index is 0.296. The molecule has 2 unspecified atom stereocenters. The van der Waals surface area contributed by atoms with Gasteiger partial charge in [-0.15, -0.1) is 0 Å². The van der Waals surface area contributed by atoms with E-state index in [1.165, 1.54) is 0 Å². The summed E-state index contributed by atoms with van der Waals surface area (Å²) < 4.78 is 0. The van der Waals surface area contributed by atoms with Gasteiger partial charge in [-0.1, -0.05) is 6.92 Å².